The summed E-state index contributed by atoms with van der Waals surface area (Å²) in [6, 6.07) is 3.60. The summed E-state index contributed by atoms with van der Waals surface area (Å²) in [6.07, 6.45) is 1.28. The van der Waals surface area contributed by atoms with Gasteiger partial charge in [0.05, 0.1) is 11.7 Å². The molecule has 0 aliphatic carbocycles. The maximum atomic E-state index is 12.9. The normalized spacial score (nSPS) is 12.2. The van der Waals surface area contributed by atoms with Gasteiger partial charge in [0.15, 0.2) is 0 Å². The van der Waals surface area contributed by atoms with Crippen LogP contribution in [0, 0.1) is 9.39 Å². The zero-order chi connectivity index (χ0) is 13.5. The Hall–Kier alpha value is -0.730. The summed E-state index contributed by atoms with van der Waals surface area (Å²) in [5.74, 6) is -0.600. The van der Waals surface area contributed by atoms with Crippen LogP contribution in [0.1, 0.15) is 12.8 Å². The van der Waals surface area contributed by atoms with Gasteiger partial charge in [-0.1, -0.05) is 0 Å². The second-order valence-electron chi connectivity index (χ2n) is 3.85. The van der Waals surface area contributed by atoms with Crippen molar-refractivity contribution in [1.82, 2.24) is 0 Å². The van der Waals surface area contributed by atoms with Gasteiger partial charge < -0.3 is 15.8 Å². The van der Waals surface area contributed by atoms with Crippen molar-refractivity contribution in [2.24, 2.45) is 5.73 Å². The molecule has 0 fully saturated rings. The Morgan fingerprint density at radius 2 is 2.33 bits per heavy atom. The molecule has 1 amide bonds. The minimum atomic E-state index is -0.582. The maximum absolute atomic E-state index is 12.9. The lowest BCUT2D eigenvalue weighted by molar-refractivity contribution is -0.117. The predicted molar refractivity (Wildman–Crippen MR) is 76.8 cm³/mol. The van der Waals surface area contributed by atoms with Crippen LogP contribution in [0.2, 0.25) is 0 Å². The van der Waals surface area contributed by atoms with Crippen molar-refractivity contribution in [3.63, 3.8) is 0 Å². The molecule has 0 bridgehead atoms. The van der Waals surface area contributed by atoms with E-state index in [4.69, 9.17) is 10.5 Å². The van der Waals surface area contributed by atoms with Crippen LogP contribution in [0.5, 0.6) is 0 Å². The molecule has 0 heterocycles. The number of nitrogens with one attached hydrogen (secondary N) is 1. The van der Waals surface area contributed by atoms with Gasteiger partial charge in [-0.3, -0.25) is 4.79 Å². The quantitative estimate of drug-likeness (QED) is 0.599. The molecular formula is C12H16FIN2O2. The first kappa shape index (κ1) is 15.3. The summed E-state index contributed by atoms with van der Waals surface area (Å²) in [5.41, 5.74) is 6.32. The molecule has 4 nitrogen and oxygen atoms in total. The van der Waals surface area contributed by atoms with Crippen molar-refractivity contribution >= 4 is 34.2 Å². The van der Waals surface area contributed by atoms with E-state index in [0.717, 1.165) is 6.42 Å². The van der Waals surface area contributed by atoms with Crippen LogP contribution in [0.4, 0.5) is 10.1 Å². The molecule has 1 aromatic rings. The highest BCUT2D eigenvalue weighted by molar-refractivity contribution is 14.1. The van der Waals surface area contributed by atoms with Gasteiger partial charge in [0.2, 0.25) is 5.91 Å². The maximum Gasteiger partial charge on any atom is 0.241 e. The van der Waals surface area contributed by atoms with Crippen molar-refractivity contribution in [2.75, 3.05) is 19.0 Å². The molecule has 0 spiro atoms. The van der Waals surface area contributed by atoms with Crippen molar-refractivity contribution in [3.05, 3.63) is 27.6 Å². The zero-order valence-corrected chi connectivity index (χ0v) is 12.2. The number of hydrogen-bond donors (Lipinski definition) is 2. The fraction of sp³-hybridized carbons (Fsp3) is 0.417. The van der Waals surface area contributed by atoms with E-state index in [9.17, 15) is 9.18 Å². The number of hydrogen-bond acceptors (Lipinski definition) is 3. The highest BCUT2D eigenvalue weighted by Gasteiger charge is 2.14. The van der Waals surface area contributed by atoms with E-state index >= 15 is 0 Å². The third-order valence-corrected chi connectivity index (χ3v) is 3.28. The number of benzene rings is 1. The average Bonchev–Trinajstić information content (AvgIpc) is 2.32. The lowest BCUT2D eigenvalue weighted by Gasteiger charge is -2.13. The van der Waals surface area contributed by atoms with Gasteiger partial charge in [-0.2, -0.15) is 0 Å². The Morgan fingerprint density at radius 3 is 2.94 bits per heavy atom. The third-order valence-electron chi connectivity index (χ3n) is 2.39. The monoisotopic (exact) mass is 366 g/mol. The predicted octanol–water partition coefficient (Wildman–Crippen LogP) is 2.12. The summed E-state index contributed by atoms with van der Waals surface area (Å²) in [7, 11) is 1.60. The van der Waals surface area contributed by atoms with Crippen molar-refractivity contribution < 1.29 is 13.9 Å². The Kier molecular flexibility index (Phi) is 6.51. The highest BCUT2D eigenvalue weighted by Crippen LogP contribution is 2.19. The van der Waals surface area contributed by atoms with E-state index in [1.807, 2.05) is 22.6 Å². The van der Waals surface area contributed by atoms with E-state index in [2.05, 4.69) is 5.32 Å². The fourth-order valence-corrected chi connectivity index (χ4v) is 2.01. The smallest absolute Gasteiger partial charge is 0.241 e. The molecular weight excluding hydrogens is 350 g/mol. The Bertz CT molecular complexity index is 415. The Morgan fingerprint density at radius 1 is 1.61 bits per heavy atom. The lowest BCUT2D eigenvalue weighted by Crippen LogP contribution is -2.35. The van der Waals surface area contributed by atoms with Crippen molar-refractivity contribution in [3.8, 4) is 0 Å². The van der Waals surface area contributed by atoms with Crippen LogP contribution in [-0.2, 0) is 9.53 Å². The zero-order valence-electron chi connectivity index (χ0n) is 10.1. The first-order chi connectivity index (χ1) is 8.54. The number of amides is 1. The van der Waals surface area contributed by atoms with E-state index in [-0.39, 0.29) is 11.7 Å². The standard InChI is InChI=1S/C12H16FIN2O2/c1-18-6-2-3-10(15)12(17)16-11-5-4-8(13)7-9(11)14/h4-5,7,10H,2-3,6,15H2,1H3,(H,16,17). The number of anilines is 1. The molecule has 0 aromatic heterocycles. The van der Waals surface area contributed by atoms with E-state index < -0.39 is 6.04 Å². The molecule has 1 unspecified atom stereocenters. The Labute approximate surface area is 119 Å². The van der Waals surface area contributed by atoms with Gasteiger partial charge in [-0.05, 0) is 53.6 Å². The fourth-order valence-electron chi connectivity index (χ4n) is 1.39. The van der Waals surface area contributed by atoms with Crippen molar-refractivity contribution in [2.45, 2.75) is 18.9 Å². The summed E-state index contributed by atoms with van der Waals surface area (Å²) < 4.78 is 18.4. The topological polar surface area (TPSA) is 64.3 Å². The summed E-state index contributed by atoms with van der Waals surface area (Å²) in [6.45, 7) is 0.578. The number of nitrogens with two attached hydrogens (primary N) is 1. The largest absolute Gasteiger partial charge is 0.385 e. The minimum absolute atomic E-state index is 0.268. The first-order valence-corrected chi connectivity index (χ1v) is 6.63. The van der Waals surface area contributed by atoms with E-state index in [1.165, 1.54) is 18.2 Å². The van der Waals surface area contributed by atoms with Gasteiger partial charge in [0.1, 0.15) is 5.82 Å². The van der Waals surface area contributed by atoms with Crippen LogP contribution in [0.25, 0.3) is 0 Å². The summed E-state index contributed by atoms with van der Waals surface area (Å²) in [5, 5.41) is 2.69. The summed E-state index contributed by atoms with van der Waals surface area (Å²) >= 11 is 1.96. The van der Waals surface area contributed by atoms with Gasteiger partial charge in [-0.25, -0.2) is 4.39 Å². The Balaban J connectivity index is 2.53. The van der Waals surface area contributed by atoms with Gasteiger partial charge in [0, 0.05) is 17.3 Å². The molecule has 0 radical (unpaired) electrons. The van der Waals surface area contributed by atoms with Gasteiger partial charge >= 0.3 is 0 Å². The van der Waals surface area contributed by atoms with Crippen molar-refractivity contribution in [1.29, 1.82) is 0 Å². The lowest BCUT2D eigenvalue weighted by atomic mass is 10.1. The van der Waals surface area contributed by atoms with Crippen LogP contribution < -0.4 is 11.1 Å². The first-order valence-electron chi connectivity index (χ1n) is 5.55. The second-order valence-corrected chi connectivity index (χ2v) is 5.02. The van der Waals surface area contributed by atoms with E-state index in [0.29, 0.717) is 22.3 Å². The number of ether oxygens (including phenoxy) is 1. The van der Waals surface area contributed by atoms with Gasteiger partial charge in [-0.15, -0.1) is 0 Å². The minimum Gasteiger partial charge on any atom is -0.385 e. The molecule has 3 N–H and O–H groups in total. The molecule has 1 aromatic carbocycles. The molecule has 1 rings (SSSR count). The number of halogens is 2. The average molecular weight is 366 g/mol. The van der Waals surface area contributed by atoms with E-state index in [1.54, 1.807) is 7.11 Å². The highest BCUT2D eigenvalue weighted by atomic mass is 127. The SMILES string of the molecule is COCCCC(N)C(=O)Nc1ccc(F)cc1I. The van der Waals surface area contributed by atoms with Gasteiger partial charge in [0.25, 0.3) is 0 Å². The van der Waals surface area contributed by atoms with Crippen LogP contribution in [0.3, 0.4) is 0 Å². The van der Waals surface area contributed by atoms with Crippen LogP contribution in [-0.4, -0.2) is 25.7 Å². The third kappa shape index (κ3) is 4.87. The number of rotatable bonds is 6. The molecule has 0 aliphatic heterocycles. The number of carbonyl (C=O) groups excluding carboxylic acids is 1. The number of methoxy groups -OCH3 is 1. The molecule has 0 aliphatic rings. The molecule has 1 atom stereocenters. The molecule has 0 saturated carbocycles. The number of carbonyl (C=O) groups is 1. The molecule has 18 heavy (non-hydrogen) atoms. The van der Waals surface area contributed by atoms with Crippen LogP contribution in [0.15, 0.2) is 18.2 Å². The molecule has 6 heteroatoms. The van der Waals surface area contributed by atoms with Crippen LogP contribution >= 0.6 is 22.6 Å². The molecule has 100 valence electrons. The summed E-state index contributed by atoms with van der Waals surface area (Å²) in [4.78, 5) is 11.8. The molecule has 0 saturated heterocycles. The second kappa shape index (κ2) is 7.65.